The first-order chi connectivity index (χ1) is 9.15. The minimum absolute atomic E-state index is 0.129. The van der Waals surface area contributed by atoms with E-state index in [0.29, 0.717) is 20.9 Å². The molecular formula is C14H20BrClN2O2. The van der Waals surface area contributed by atoms with Gasteiger partial charge >= 0.3 is 0 Å². The van der Waals surface area contributed by atoms with Crippen LogP contribution >= 0.6 is 27.5 Å². The van der Waals surface area contributed by atoms with E-state index in [-0.39, 0.29) is 23.8 Å². The SMILES string of the molecule is COc1c(Br)cc(Cl)cc1NC(=O)CC(N)C(C)(C)C. The maximum atomic E-state index is 12.1. The molecular weight excluding hydrogens is 344 g/mol. The van der Waals surface area contributed by atoms with Gasteiger partial charge < -0.3 is 15.8 Å². The molecule has 0 radical (unpaired) electrons. The van der Waals surface area contributed by atoms with E-state index in [1.54, 1.807) is 12.1 Å². The fourth-order valence-electron chi connectivity index (χ4n) is 1.57. The van der Waals surface area contributed by atoms with E-state index in [1.165, 1.54) is 7.11 Å². The second kappa shape index (κ2) is 6.78. The van der Waals surface area contributed by atoms with Crippen LogP contribution in [0, 0.1) is 5.41 Å². The number of anilines is 1. The van der Waals surface area contributed by atoms with E-state index in [4.69, 9.17) is 22.1 Å². The van der Waals surface area contributed by atoms with Gasteiger partial charge in [-0.3, -0.25) is 4.79 Å². The van der Waals surface area contributed by atoms with Crippen LogP contribution in [0.3, 0.4) is 0 Å². The zero-order valence-electron chi connectivity index (χ0n) is 12.1. The zero-order chi connectivity index (χ0) is 15.5. The Kier molecular flexibility index (Phi) is 5.86. The number of carbonyl (C=O) groups excluding carboxylic acids is 1. The Labute approximate surface area is 133 Å². The van der Waals surface area contributed by atoms with Crippen molar-refractivity contribution in [1.29, 1.82) is 0 Å². The third-order valence-corrected chi connectivity index (χ3v) is 3.81. The summed E-state index contributed by atoms with van der Waals surface area (Å²) in [4.78, 5) is 12.1. The summed E-state index contributed by atoms with van der Waals surface area (Å²) < 4.78 is 5.94. The number of ether oxygens (including phenoxy) is 1. The molecule has 0 saturated carbocycles. The predicted molar refractivity (Wildman–Crippen MR) is 86.4 cm³/mol. The fraction of sp³-hybridized carbons (Fsp3) is 0.500. The lowest BCUT2D eigenvalue weighted by Gasteiger charge is -2.26. The van der Waals surface area contributed by atoms with Crippen molar-refractivity contribution in [2.75, 3.05) is 12.4 Å². The first-order valence-electron chi connectivity index (χ1n) is 6.23. The molecule has 1 atom stereocenters. The van der Waals surface area contributed by atoms with Gasteiger partial charge in [-0.05, 0) is 33.5 Å². The Morgan fingerprint density at radius 3 is 2.60 bits per heavy atom. The number of hydrogen-bond acceptors (Lipinski definition) is 3. The van der Waals surface area contributed by atoms with Gasteiger partial charge in [0.2, 0.25) is 5.91 Å². The Morgan fingerprint density at radius 1 is 1.50 bits per heavy atom. The minimum Gasteiger partial charge on any atom is -0.493 e. The van der Waals surface area contributed by atoms with Gasteiger partial charge in [-0.25, -0.2) is 0 Å². The smallest absolute Gasteiger partial charge is 0.226 e. The molecule has 0 spiro atoms. The van der Waals surface area contributed by atoms with Crippen molar-refractivity contribution >= 4 is 39.1 Å². The Hall–Kier alpha value is -0.780. The number of amides is 1. The summed E-state index contributed by atoms with van der Waals surface area (Å²) in [5.74, 6) is 0.368. The van der Waals surface area contributed by atoms with Crippen LogP contribution in [0.4, 0.5) is 5.69 Å². The van der Waals surface area contributed by atoms with Crippen molar-refractivity contribution in [2.24, 2.45) is 11.1 Å². The van der Waals surface area contributed by atoms with Gasteiger partial charge in [0.05, 0.1) is 17.3 Å². The van der Waals surface area contributed by atoms with Crippen molar-refractivity contribution in [3.63, 3.8) is 0 Å². The molecule has 0 aliphatic rings. The number of hydrogen-bond donors (Lipinski definition) is 2. The number of benzene rings is 1. The number of rotatable bonds is 4. The normalized spacial score (nSPS) is 12.9. The zero-order valence-corrected chi connectivity index (χ0v) is 14.4. The number of nitrogens with two attached hydrogens (primary N) is 1. The summed E-state index contributed by atoms with van der Waals surface area (Å²) in [7, 11) is 1.53. The molecule has 1 rings (SSSR count). The Bertz CT molecular complexity index is 501. The average molecular weight is 364 g/mol. The van der Waals surface area contributed by atoms with Gasteiger partial charge in [-0.15, -0.1) is 0 Å². The molecule has 20 heavy (non-hydrogen) atoms. The second-order valence-corrected chi connectivity index (χ2v) is 6.98. The summed E-state index contributed by atoms with van der Waals surface area (Å²) in [6.45, 7) is 6.00. The molecule has 0 bridgehead atoms. The van der Waals surface area contributed by atoms with Crippen LogP contribution in [0.5, 0.6) is 5.75 Å². The first kappa shape index (κ1) is 17.3. The van der Waals surface area contributed by atoms with Gasteiger partial charge in [-0.2, -0.15) is 0 Å². The first-order valence-corrected chi connectivity index (χ1v) is 7.40. The van der Waals surface area contributed by atoms with Crippen molar-refractivity contribution in [3.8, 4) is 5.75 Å². The lowest BCUT2D eigenvalue weighted by molar-refractivity contribution is -0.117. The molecule has 1 aromatic rings. The highest BCUT2D eigenvalue weighted by molar-refractivity contribution is 9.10. The van der Waals surface area contributed by atoms with E-state index in [2.05, 4.69) is 21.2 Å². The molecule has 0 aromatic heterocycles. The Balaban J connectivity index is 2.86. The molecule has 0 saturated heterocycles. The molecule has 0 aliphatic heterocycles. The largest absolute Gasteiger partial charge is 0.493 e. The van der Waals surface area contributed by atoms with E-state index >= 15 is 0 Å². The molecule has 0 fully saturated rings. The number of nitrogens with one attached hydrogen (secondary N) is 1. The van der Waals surface area contributed by atoms with Gasteiger partial charge in [-0.1, -0.05) is 32.4 Å². The van der Waals surface area contributed by atoms with Crippen molar-refractivity contribution < 1.29 is 9.53 Å². The van der Waals surface area contributed by atoms with Crippen LogP contribution in [0.25, 0.3) is 0 Å². The summed E-state index contributed by atoms with van der Waals surface area (Å²) in [6.07, 6.45) is 0.233. The van der Waals surface area contributed by atoms with Gasteiger partial charge in [0.1, 0.15) is 0 Å². The van der Waals surface area contributed by atoms with Crippen LogP contribution < -0.4 is 15.8 Å². The molecule has 1 amide bonds. The lowest BCUT2D eigenvalue weighted by atomic mass is 9.85. The summed E-state index contributed by atoms with van der Waals surface area (Å²) in [5.41, 5.74) is 6.41. The average Bonchev–Trinajstić information content (AvgIpc) is 2.26. The molecule has 1 unspecified atom stereocenters. The van der Waals surface area contributed by atoms with Crippen molar-refractivity contribution in [2.45, 2.75) is 33.2 Å². The molecule has 1 aromatic carbocycles. The molecule has 3 N–H and O–H groups in total. The van der Waals surface area contributed by atoms with E-state index in [9.17, 15) is 4.79 Å². The fourth-order valence-corrected chi connectivity index (χ4v) is 2.54. The number of methoxy groups -OCH3 is 1. The van der Waals surface area contributed by atoms with Crippen LogP contribution in [0.1, 0.15) is 27.2 Å². The molecule has 4 nitrogen and oxygen atoms in total. The molecule has 0 aliphatic carbocycles. The maximum Gasteiger partial charge on any atom is 0.226 e. The number of halogens is 2. The van der Waals surface area contributed by atoms with E-state index < -0.39 is 0 Å². The highest BCUT2D eigenvalue weighted by Gasteiger charge is 2.23. The summed E-state index contributed by atoms with van der Waals surface area (Å²) in [6, 6.07) is 3.12. The quantitative estimate of drug-likeness (QED) is 0.855. The second-order valence-electron chi connectivity index (χ2n) is 5.69. The topological polar surface area (TPSA) is 64.3 Å². The van der Waals surface area contributed by atoms with Crippen LogP contribution in [-0.2, 0) is 4.79 Å². The molecule has 112 valence electrons. The van der Waals surface area contributed by atoms with Crippen LogP contribution in [-0.4, -0.2) is 19.1 Å². The third kappa shape index (κ3) is 4.65. The molecule has 0 heterocycles. The number of carbonyl (C=O) groups is 1. The highest BCUT2D eigenvalue weighted by atomic mass is 79.9. The monoisotopic (exact) mass is 362 g/mol. The third-order valence-electron chi connectivity index (χ3n) is 3.00. The van der Waals surface area contributed by atoms with Gasteiger partial charge in [0.15, 0.2) is 5.75 Å². The van der Waals surface area contributed by atoms with Crippen molar-refractivity contribution in [3.05, 3.63) is 21.6 Å². The summed E-state index contributed by atoms with van der Waals surface area (Å²) >= 11 is 9.32. The van der Waals surface area contributed by atoms with Gasteiger partial charge in [0.25, 0.3) is 0 Å². The predicted octanol–water partition coefficient (Wildman–Crippen LogP) is 3.81. The highest BCUT2D eigenvalue weighted by Crippen LogP contribution is 2.36. The van der Waals surface area contributed by atoms with E-state index in [1.807, 2.05) is 20.8 Å². The minimum atomic E-state index is -0.226. The van der Waals surface area contributed by atoms with Crippen LogP contribution in [0.2, 0.25) is 5.02 Å². The standard InChI is InChI=1S/C14H20BrClN2O2/c1-14(2,3)11(17)7-12(19)18-10-6-8(16)5-9(15)13(10)20-4/h5-6,11H,7,17H2,1-4H3,(H,18,19). The molecule has 6 heteroatoms. The lowest BCUT2D eigenvalue weighted by Crippen LogP contribution is -2.38. The van der Waals surface area contributed by atoms with Gasteiger partial charge in [0, 0.05) is 17.5 Å². The Morgan fingerprint density at radius 2 is 2.10 bits per heavy atom. The van der Waals surface area contributed by atoms with Crippen molar-refractivity contribution in [1.82, 2.24) is 0 Å². The summed E-state index contributed by atoms with van der Waals surface area (Å²) in [5, 5.41) is 3.30. The van der Waals surface area contributed by atoms with Crippen LogP contribution in [0.15, 0.2) is 16.6 Å². The maximum absolute atomic E-state index is 12.1. The van der Waals surface area contributed by atoms with E-state index in [0.717, 1.165) is 0 Å².